The number of guanidine groups is 1. The molecule has 116 valence electrons. The summed E-state index contributed by atoms with van der Waals surface area (Å²) in [5, 5.41) is 5.99. The lowest BCUT2D eigenvalue weighted by Gasteiger charge is -2.13. The molecule has 2 aromatic rings. The first-order valence-corrected chi connectivity index (χ1v) is 7.51. The van der Waals surface area contributed by atoms with Crippen LogP contribution in [0.1, 0.15) is 11.1 Å². The van der Waals surface area contributed by atoms with Crippen molar-refractivity contribution in [3.8, 4) is 0 Å². The SMILES string of the molecule is CN=C(NCc1ccccc1F)NCc1cc(Br)ccc1F. The molecular formula is C16H16BrF2N3. The summed E-state index contributed by atoms with van der Waals surface area (Å²) in [6.45, 7) is 0.579. The fourth-order valence-electron chi connectivity index (χ4n) is 1.90. The van der Waals surface area contributed by atoms with Gasteiger partial charge in [0.2, 0.25) is 0 Å². The molecule has 2 aromatic carbocycles. The highest BCUT2D eigenvalue weighted by molar-refractivity contribution is 9.10. The summed E-state index contributed by atoms with van der Waals surface area (Å²) < 4.78 is 28.0. The Labute approximate surface area is 136 Å². The van der Waals surface area contributed by atoms with Crippen molar-refractivity contribution in [3.05, 3.63) is 69.7 Å². The molecule has 2 N–H and O–H groups in total. The van der Waals surface area contributed by atoms with Gasteiger partial charge in [-0.15, -0.1) is 0 Å². The first-order chi connectivity index (χ1) is 10.6. The van der Waals surface area contributed by atoms with E-state index in [9.17, 15) is 8.78 Å². The third kappa shape index (κ3) is 4.53. The molecule has 0 saturated heterocycles. The molecule has 22 heavy (non-hydrogen) atoms. The van der Waals surface area contributed by atoms with Crippen LogP contribution in [0, 0.1) is 11.6 Å². The minimum Gasteiger partial charge on any atom is -0.352 e. The van der Waals surface area contributed by atoms with E-state index >= 15 is 0 Å². The van der Waals surface area contributed by atoms with E-state index in [1.807, 2.05) is 0 Å². The fraction of sp³-hybridized carbons (Fsp3) is 0.188. The Morgan fingerprint density at radius 2 is 1.64 bits per heavy atom. The summed E-state index contributed by atoms with van der Waals surface area (Å²) >= 11 is 3.31. The average Bonchev–Trinajstić information content (AvgIpc) is 2.52. The summed E-state index contributed by atoms with van der Waals surface area (Å²) in [5.41, 5.74) is 1.06. The topological polar surface area (TPSA) is 36.4 Å². The predicted molar refractivity (Wildman–Crippen MR) is 87.5 cm³/mol. The zero-order valence-electron chi connectivity index (χ0n) is 12.0. The molecule has 0 aliphatic carbocycles. The van der Waals surface area contributed by atoms with E-state index in [2.05, 4.69) is 31.6 Å². The molecule has 0 atom stereocenters. The maximum atomic E-state index is 13.7. The number of rotatable bonds is 4. The third-order valence-electron chi connectivity index (χ3n) is 3.08. The van der Waals surface area contributed by atoms with Crippen LogP contribution in [0.3, 0.4) is 0 Å². The molecular weight excluding hydrogens is 352 g/mol. The molecule has 0 radical (unpaired) electrons. The van der Waals surface area contributed by atoms with Crippen LogP contribution >= 0.6 is 15.9 Å². The van der Waals surface area contributed by atoms with Crippen LogP contribution in [0.2, 0.25) is 0 Å². The van der Waals surface area contributed by atoms with Gasteiger partial charge >= 0.3 is 0 Å². The van der Waals surface area contributed by atoms with Crippen molar-refractivity contribution < 1.29 is 8.78 Å². The Morgan fingerprint density at radius 1 is 1.00 bits per heavy atom. The van der Waals surface area contributed by atoms with Crippen molar-refractivity contribution in [1.82, 2.24) is 10.6 Å². The molecule has 0 bridgehead atoms. The van der Waals surface area contributed by atoms with Crippen LogP contribution in [-0.4, -0.2) is 13.0 Å². The second-order valence-electron chi connectivity index (χ2n) is 4.61. The van der Waals surface area contributed by atoms with Crippen molar-refractivity contribution in [3.63, 3.8) is 0 Å². The number of hydrogen-bond acceptors (Lipinski definition) is 1. The number of benzene rings is 2. The largest absolute Gasteiger partial charge is 0.352 e. The quantitative estimate of drug-likeness (QED) is 0.639. The predicted octanol–water partition coefficient (Wildman–Crippen LogP) is 3.59. The van der Waals surface area contributed by atoms with Crippen LogP contribution < -0.4 is 10.6 Å². The molecule has 0 amide bonds. The number of aliphatic imine (C=N–C) groups is 1. The number of nitrogens with one attached hydrogen (secondary N) is 2. The molecule has 0 heterocycles. The van der Waals surface area contributed by atoms with Crippen molar-refractivity contribution in [2.24, 2.45) is 4.99 Å². The third-order valence-corrected chi connectivity index (χ3v) is 3.58. The summed E-state index contributed by atoms with van der Waals surface area (Å²) in [5.74, 6) is -0.0913. The van der Waals surface area contributed by atoms with Gasteiger partial charge in [-0.1, -0.05) is 34.1 Å². The van der Waals surface area contributed by atoms with Gasteiger partial charge in [-0.2, -0.15) is 0 Å². The highest BCUT2D eigenvalue weighted by atomic mass is 79.9. The highest BCUT2D eigenvalue weighted by Crippen LogP contribution is 2.15. The van der Waals surface area contributed by atoms with Gasteiger partial charge in [0, 0.05) is 35.7 Å². The summed E-state index contributed by atoms with van der Waals surface area (Å²) in [6.07, 6.45) is 0. The summed E-state index contributed by atoms with van der Waals surface area (Å²) in [6, 6.07) is 11.3. The molecule has 0 spiro atoms. The smallest absolute Gasteiger partial charge is 0.191 e. The maximum Gasteiger partial charge on any atom is 0.191 e. The number of halogens is 3. The van der Waals surface area contributed by atoms with E-state index in [0.29, 0.717) is 23.6 Å². The Morgan fingerprint density at radius 3 is 2.32 bits per heavy atom. The van der Waals surface area contributed by atoms with E-state index in [-0.39, 0.29) is 18.2 Å². The van der Waals surface area contributed by atoms with Crippen LogP contribution in [0.25, 0.3) is 0 Å². The van der Waals surface area contributed by atoms with Gasteiger partial charge < -0.3 is 10.6 Å². The van der Waals surface area contributed by atoms with Gasteiger partial charge in [0.05, 0.1) is 0 Å². The zero-order valence-corrected chi connectivity index (χ0v) is 13.6. The molecule has 0 fully saturated rings. The van der Waals surface area contributed by atoms with Crippen LogP contribution in [0.15, 0.2) is 51.9 Å². The van der Waals surface area contributed by atoms with Crippen molar-refractivity contribution in [2.45, 2.75) is 13.1 Å². The molecule has 3 nitrogen and oxygen atoms in total. The zero-order chi connectivity index (χ0) is 15.9. The van der Waals surface area contributed by atoms with Gasteiger partial charge in [-0.05, 0) is 24.3 Å². The minimum absolute atomic E-state index is 0.275. The van der Waals surface area contributed by atoms with Gasteiger partial charge in [0.1, 0.15) is 11.6 Å². The molecule has 0 aliphatic rings. The highest BCUT2D eigenvalue weighted by Gasteiger charge is 2.05. The molecule has 2 rings (SSSR count). The summed E-state index contributed by atoms with van der Waals surface area (Å²) in [4.78, 5) is 4.04. The van der Waals surface area contributed by atoms with Gasteiger partial charge in [0.15, 0.2) is 5.96 Å². The van der Waals surface area contributed by atoms with Crippen molar-refractivity contribution >= 4 is 21.9 Å². The minimum atomic E-state index is -0.291. The van der Waals surface area contributed by atoms with E-state index in [1.54, 1.807) is 37.4 Å². The molecule has 6 heteroatoms. The first-order valence-electron chi connectivity index (χ1n) is 6.72. The van der Waals surface area contributed by atoms with E-state index in [0.717, 1.165) is 4.47 Å². The van der Waals surface area contributed by atoms with Crippen LogP contribution in [-0.2, 0) is 13.1 Å². The van der Waals surface area contributed by atoms with E-state index < -0.39 is 0 Å². The second kappa shape index (κ2) is 7.89. The van der Waals surface area contributed by atoms with E-state index in [4.69, 9.17) is 0 Å². The van der Waals surface area contributed by atoms with Crippen molar-refractivity contribution in [2.75, 3.05) is 7.05 Å². The Kier molecular flexibility index (Phi) is 5.89. The first kappa shape index (κ1) is 16.4. The Hall–Kier alpha value is -1.95. The second-order valence-corrected chi connectivity index (χ2v) is 5.52. The van der Waals surface area contributed by atoms with Gasteiger partial charge in [-0.25, -0.2) is 8.78 Å². The van der Waals surface area contributed by atoms with Crippen LogP contribution in [0.4, 0.5) is 8.78 Å². The average molecular weight is 368 g/mol. The van der Waals surface area contributed by atoms with Gasteiger partial charge in [-0.3, -0.25) is 4.99 Å². The number of hydrogen-bond donors (Lipinski definition) is 2. The molecule has 0 unspecified atom stereocenters. The Bertz CT molecular complexity index is 674. The standard InChI is InChI=1S/C16H16BrF2N3/c1-20-16(21-9-11-4-2-3-5-14(11)18)22-10-12-8-13(17)6-7-15(12)19/h2-8H,9-10H2,1H3,(H2,20,21,22). The lowest BCUT2D eigenvalue weighted by molar-refractivity contribution is 0.600. The summed E-state index contributed by atoms with van der Waals surface area (Å²) in [7, 11) is 1.61. The monoisotopic (exact) mass is 367 g/mol. The Balaban J connectivity index is 1.93. The van der Waals surface area contributed by atoms with Gasteiger partial charge in [0.25, 0.3) is 0 Å². The number of nitrogens with zero attached hydrogens (tertiary/aromatic N) is 1. The normalized spacial score (nSPS) is 11.4. The molecule has 0 saturated carbocycles. The molecule has 0 aliphatic heterocycles. The lowest BCUT2D eigenvalue weighted by Crippen LogP contribution is -2.36. The fourth-order valence-corrected chi connectivity index (χ4v) is 2.31. The van der Waals surface area contributed by atoms with E-state index in [1.165, 1.54) is 12.1 Å². The molecule has 0 aromatic heterocycles. The lowest BCUT2D eigenvalue weighted by atomic mass is 10.2. The maximum absolute atomic E-state index is 13.7. The van der Waals surface area contributed by atoms with Crippen LogP contribution in [0.5, 0.6) is 0 Å². The van der Waals surface area contributed by atoms with Crippen molar-refractivity contribution in [1.29, 1.82) is 0 Å².